The van der Waals surface area contributed by atoms with Crippen molar-refractivity contribution in [1.29, 1.82) is 0 Å². The molecule has 3 rings (SSSR count). The van der Waals surface area contributed by atoms with Gasteiger partial charge < -0.3 is 24.2 Å². The molecule has 0 spiro atoms. The Hall–Kier alpha value is -1.95. The van der Waals surface area contributed by atoms with Gasteiger partial charge in [0.1, 0.15) is 11.4 Å². The van der Waals surface area contributed by atoms with Crippen molar-refractivity contribution in [3.8, 4) is 5.75 Å². The highest BCUT2D eigenvalue weighted by Gasteiger charge is 2.24. The smallest absolute Gasteiger partial charge is 0.410 e. The highest BCUT2D eigenvalue weighted by Crippen LogP contribution is 2.22. The highest BCUT2D eigenvalue weighted by atomic mass is 16.6. The van der Waals surface area contributed by atoms with E-state index in [1.54, 1.807) is 0 Å². The van der Waals surface area contributed by atoms with Gasteiger partial charge in [-0.25, -0.2) is 4.79 Å². The molecule has 168 valence electrons. The molecule has 0 radical (unpaired) electrons. The van der Waals surface area contributed by atoms with Crippen LogP contribution in [-0.2, 0) is 4.74 Å². The minimum Gasteiger partial charge on any atom is -0.494 e. The first-order valence-corrected chi connectivity index (χ1v) is 11.6. The normalized spacial score (nSPS) is 18.8. The minimum absolute atomic E-state index is 0.211. The summed E-state index contributed by atoms with van der Waals surface area (Å²) in [6.07, 6.45) is 5.87. The lowest BCUT2D eigenvalue weighted by molar-refractivity contribution is 0.0263. The number of hydrogen-bond acceptors (Lipinski definition) is 5. The summed E-state index contributed by atoms with van der Waals surface area (Å²) in [4.78, 5) is 19.1. The SMILES string of the molecule is CC(C)(C)OC(=O)N1CCCN(c2ccc(OCCCN3CCCCC3)cc2)CC1. The standard InChI is InChI=1S/C24H39N3O3/c1-24(2,3)30-23(28)27-17-7-16-26(18-19-27)21-9-11-22(12-10-21)29-20-8-15-25-13-5-4-6-14-25/h9-12H,4-8,13-20H2,1-3H3. The second kappa shape index (κ2) is 10.9. The van der Waals surface area contributed by atoms with Crippen LogP contribution in [0.1, 0.15) is 52.9 Å². The molecular formula is C24H39N3O3. The van der Waals surface area contributed by atoms with Gasteiger partial charge in [-0.05, 0) is 83.8 Å². The van der Waals surface area contributed by atoms with E-state index in [0.717, 1.165) is 51.4 Å². The van der Waals surface area contributed by atoms with Gasteiger partial charge in [-0.1, -0.05) is 6.42 Å². The third-order valence-corrected chi connectivity index (χ3v) is 5.69. The van der Waals surface area contributed by atoms with Crippen LogP contribution in [-0.4, -0.2) is 73.9 Å². The van der Waals surface area contributed by atoms with E-state index in [2.05, 4.69) is 34.1 Å². The molecule has 0 bridgehead atoms. The van der Waals surface area contributed by atoms with Gasteiger partial charge in [0.25, 0.3) is 0 Å². The first-order chi connectivity index (χ1) is 14.4. The van der Waals surface area contributed by atoms with E-state index in [0.29, 0.717) is 6.54 Å². The Morgan fingerprint density at radius 1 is 0.900 bits per heavy atom. The Kier molecular flexibility index (Phi) is 8.25. The number of likely N-dealkylation sites (tertiary alicyclic amines) is 1. The quantitative estimate of drug-likeness (QED) is 0.643. The number of hydrogen-bond donors (Lipinski definition) is 0. The Morgan fingerprint density at radius 3 is 2.33 bits per heavy atom. The van der Waals surface area contributed by atoms with Crippen molar-refractivity contribution in [2.24, 2.45) is 0 Å². The predicted octanol–water partition coefficient (Wildman–Crippen LogP) is 4.39. The number of carbonyl (C=O) groups is 1. The summed E-state index contributed by atoms with van der Waals surface area (Å²) in [5.41, 5.74) is 0.730. The Balaban J connectivity index is 1.41. The number of anilines is 1. The summed E-state index contributed by atoms with van der Waals surface area (Å²) in [5, 5.41) is 0. The van der Waals surface area contributed by atoms with Crippen molar-refractivity contribution < 1.29 is 14.3 Å². The lowest BCUT2D eigenvalue weighted by Crippen LogP contribution is -2.39. The van der Waals surface area contributed by atoms with Gasteiger partial charge in [-0.15, -0.1) is 0 Å². The minimum atomic E-state index is -0.452. The largest absolute Gasteiger partial charge is 0.494 e. The molecule has 6 heteroatoms. The van der Waals surface area contributed by atoms with E-state index >= 15 is 0 Å². The Morgan fingerprint density at radius 2 is 1.63 bits per heavy atom. The molecule has 0 aliphatic carbocycles. The van der Waals surface area contributed by atoms with Gasteiger partial charge in [0, 0.05) is 38.4 Å². The van der Waals surface area contributed by atoms with E-state index in [1.165, 1.54) is 38.0 Å². The van der Waals surface area contributed by atoms with Gasteiger partial charge in [0.2, 0.25) is 0 Å². The number of carbonyl (C=O) groups excluding carboxylic acids is 1. The molecule has 1 aromatic rings. The average molecular weight is 418 g/mol. The summed E-state index contributed by atoms with van der Waals surface area (Å²) >= 11 is 0. The number of rotatable bonds is 6. The first kappa shape index (κ1) is 22.7. The fourth-order valence-corrected chi connectivity index (χ4v) is 4.10. The van der Waals surface area contributed by atoms with Crippen LogP contribution in [0.3, 0.4) is 0 Å². The molecule has 2 aliphatic rings. The molecule has 0 unspecified atom stereocenters. The molecule has 0 N–H and O–H groups in total. The summed E-state index contributed by atoms with van der Waals surface area (Å²) < 4.78 is 11.5. The van der Waals surface area contributed by atoms with Crippen LogP contribution in [0.15, 0.2) is 24.3 Å². The van der Waals surface area contributed by atoms with Crippen molar-refractivity contribution >= 4 is 11.8 Å². The van der Waals surface area contributed by atoms with Crippen LogP contribution in [0.2, 0.25) is 0 Å². The zero-order valence-corrected chi connectivity index (χ0v) is 19.1. The third-order valence-electron chi connectivity index (χ3n) is 5.69. The molecule has 1 amide bonds. The molecule has 0 aromatic heterocycles. The van der Waals surface area contributed by atoms with Gasteiger partial charge in [-0.3, -0.25) is 0 Å². The maximum absolute atomic E-state index is 12.3. The maximum Gasteiger partial charge on any atom is 0.410 e. The number of ether oxygens (including phenoxy) is 2. The monoisotopic (exact) mass is 417 g/mol. The van der Waals surface area contributed by atoms with Crippen LogP contribution in [0.5, 0.6) is 5.75 Å². The zero-order chi connectivity index (χ0) is 21.4. The summed E-state index contributed by atoms with van der Waals surface area (Å²) in [6, 6.07) is 8.38. The van der Waals surface area contributed by atoms with E-state index in [9.17, 15) is 4.79 Å². The molecule has 1 aromatic carbocycles. The van der Waals surface area contributed by atoms with E-state index in [-0.39, 0.29) is 6.09 Å². The van der Waals surface area contributed by atoms with Crippen molar-refractivity contribution in [3.63, 3.8) is 0 Å². The van der Waals surface area contributed by atoms with E-state index < -0.39 is 5.60 Å². The number of benzene rings is 1. The summed E-state index contributed by atoms with van der Waals surface area (Å²) in [6.45, 7) is 13.3. The number of nitrogens with zero attached hydrogens (tertiary/aromatic N) is 3. The first-order valence-electron chi connectivity index (χ1n) is 11.6. The van der Waals surface area contributed by atoms with Crippen molar-refractivity contribution in [1.82, 2.24) is 9.80 Å². The number of amides is 1. The molecule has 30 heavy (non-hydrogen) atoms. The fourth-order valence-electron chi connectivity index (χ4n) is 4.10. The Labute approximate surface area is 182 Å². The van der Waals surface area contributed by atoms with Crippen molar-refractivity contribution in [3.05, 3.63) is 24.3 Å². The molecule has 0 saturated carbocycles. The lowest BCUT2D eigenvalue weighted by atomic mass is 10.1. The van der Waals surface area contributed by atoms with E-state index in [1.807, 2.05) is 25.7 Å². The van der Waals surface area contributed by atoms with Crippen LogP contribution in [0.25, 0.3) is 0 Å². The summed E-state index contributed by atoms with van der Waals surface area (Å²) in [5.74, 6) is 0.933. The molecule has 2 aliphatic heterocycles. The van der Waals surface area contributed by atoms with Crippen LogP contribution < -0.4 is 9.64 Å². The van der Waals surface area contributed by atoms with Crippen molar-refractivity contribution in [2.45, 2.75) is 58.5 Å². The van der Waals surface area contributed by atoms with Crippen molar-refractivity contribution in [2.75, 3.05) is 57.3 Å². The highest BCUT2D eigenvalue weighted by molar-refractivity contribution is 5.68. The van der Waals surface area contributed by atoms with Gasteiger partial charge in [0.05, 0.1) is 6.61 Å². The molecule has 0 atom stereocenters. The summed E-state index contributed by atoms with van der Waals surface area (Å²) in [7, 11) is 0. The average Bonchev–Trinajstić information content (AvgIpc) is 2.98. The molecule has 2 heterocycles. The Bertz CT molecular complexity index is 651. The number of piperidine rings is 1. The lowest BCUT2D eigenvalue weighted by Gasteiger charge is -2.27. The molecule has 6 nitrogen and oxygen atoms in total. The second-order valence-electron chi connectivity index (χ2n) is 9.41. The second-order valence-corrected chi connectivity index (χ2v) is 9.41. The topological polar surface area (TPSA) is 45.3 Å². The van der Waals surface area contributed by atoms with E-state index in [4.69, 9.17) is 9.47 Å². The molecular weight excluding hydrogens is 378 g/mol. The molecule has 2 fully saturated rings. The van der Waals surface area contributed by atoms with Gasteiger partial charge >= 0.3 is 6.09 Å². The zero-order valence-electron chi connectivity index (χ0n) is 19.1. The molecule has 2 saturated heterocycles. The van der Waals surface area contributed by atoms with Crippen LogP contribution >= 0.6 is 0 Å². The van der Waals surface area contributed by atoms with Crippen LogP contribution in [0.4, 0.5) is 10.5 Å². The van der Waals surface area contributed by atoms with Gasteiger partial charge in [0.15, 0.2) is 0 Å². The fraction of sp³-hybridized carbons (Fsp3) is 0.708. The maximum atomic E-state index is 12.3. The third kappa shape index (κ3) is 7.38. The van der Waals surface area contributed by atoms with Gasteiger partial charge in [-0.2, -0.15) is 0 Å². The van der Waals surface area contributed by atoms with Crippen LogP contribution in [0, 0.1) is 0 Å². The predicted molar refractivity (Wildman–Crippen MR) is 121 cm³/mol.